The van der Waals surface area contributed by atoms with Crippen LogP contribution in [0.15, 0.2) is 85.1 Å². The molecule has 1 unspecified atom stereocenters. The van der Waals surface area contributed by atoms with E-state index in [0.29, 0.717) is 34.3 Å². The fraction of sp³-hybridized carbons (Fsp3) is 0.182. The maximum Gasteiger partial charge on any atom is 0.323 e. The van der Waals surface area contributed by atoms with Gasteiger partial charge in [0, 0.05) is 16.9 Å². The highest BCUT2D eigenvalue weighted by Crippen LogP contribution is 2.28. The Labute approximate surface area is 259 Å². The number of carbonyl (C=O) groups excluding carboxylic acids is 3. The standard InChI is InChI=1S/C33H33N5O7/c1-20-6-4-5-7-25(20)38-33(43)36-23-11-8-21(9-12-23)16-30(39)35-24-13-14-26(34-19-24)27(18-31(40)41)37-32(42)22-10-15-28(44-2)29(17-22)45-3/h4-15,17,19,27H,16,18H2,1-3H3,(H,35,39)(H,37,42)(H,40,41)(H2,36,38,43). The highest BCUT2D eigenvalue weighted by molar-refractivity contribution is 6.00. The molecule has 4 aromatic rings. The number of carboxylic acid groups (broad SMARTS) is 1. The Balaban J connectivity index is 1.33. The van der Waals surface area contributed by atoms with E-state index in [-0.39, 0.29) is 23.9 Å². The number of hydrogen-bond donors (Lipinski definition) is 5. The summed E-state index contributed by atoms with van der Waals surface area (Å²) in [4.78, 5) is 53.7. The summed E-state index contributed by atoms with van der Waals surface area (Å²) in [7, 11) is 2.92. The Morgan fingerprint density at radius 2 is 1.53 bits per heavy atom. The molecule has 12 nitrogen and oxygen atoms in total. The highest BCUT2D eigenvalue weighted by Gasteiger charge is 2.21. The van der Waals surface area contributed by atoms with E-state index in [2.05, 4.69) is 26.3 Å². The second-order valence-corrected chi connectivity index (χ2v) is 9.98. The number of aromatic nitrogens is 1. The number of para-hydroxylation sites is 1. The lowest BCUT2D eigenvalue weighted by Gasteiger charge is -2.18. The molecule has 4 amide bonds. The molecule has 0 radical (unpaired) electrons. The highest BCUT2D eigenvalue weighted by atomic mass is 16.5. The van der Waals surface area contributed by atoms with Crippen molar-refractivity contribution in [2.75, 3.05) is 30.2 Å². The number of carboxylic acids is 1. The molecule has 0 aliphatic carbocycles. The Kier molecular flexibility index (Phi) is 10.7. The third-order valence-corrected chi connectivity index (χ3v) is 6.73. The average molecular weight is 612 g/mol. The number of methoxy groups -OCH3 is 2. The van der Waals surface area contributed by atoms with Crippen LogP contribution in [0.25, 0.3) is 0 Å². The van der Waals surface area contributed by atoms with E-state index in [1.807, 2.05) is 31.2 Å². The molecule has 12 heteroatoms. The summed E-state index contributed by atoms with van der Waals surface area (Å²) < 4.78 is 10.4. The SMILES string of the molecule is COc1ccc(C(=O)NC(CC(=O)O)c2ccc(NC(=O)Cc3ccc(NC(=O)Nc4ccccc4C)cc3)cn2)cc1OC. The van der Waals surface area contributed by atoms with Gasteiger partial charge < -0.3 is 35.8 Å². The molecule has 0 spiro atoms. The molecular weight excluding hydrogens is 578 g/mol. The van der Waals surface area contributed by atoms with Gasteiger partial charge in [0.2, 0.25) is 5.91 Å². The zero-order chi connectivity index (χ0) is 32.3. The van der Waals surface area contributed by atoms with Crippen LogP contribution in [0.5, 0.6) is 11.5 Å². The van der Waals surface area contributed by atoms with Crippen molar-refractivity contribution in [2.24, 2.45) is 0 Å². The minimum atomic E-state index is -1.13. The zero-order valence-electron chi connectivity index (χ0n) is 24.9. The number of nitrogens with one attached hydrogen (secondary N) is 4. The number of pyridine rings is 1. The van der Waals surface area contributed by atoms with E-state index >= 15 is 0 Å². The first-order valence-electron chi connectivity index (χ1n) is 13.9. The van der Waals surface area contributed by atoms with Crippen LogP contribution >= 0.6 is 0 Å². The predicted octanol–water partition coefficient (Wildman–Crippen LogP) is 5.18. The number of carbonyl (C=O) groups is 4. The molecule has 0 bridgehead atoms. The summed E-state index contributed by atoms with van der Waals surface area (Å²) in [5.74, 6) is -1.14. The van der Waals surface area contributed by atoms with Crippen LogP contribution in [-0.4, -0.2) is 48.1 Å². The molecule has 4 rings (SSSR count). The number of amides is 4. The molecule has 0 saturated heterocycles. The van der Waals surface area contributed by atoms with Crippen molar-refractivity contribution in [2.45, 2.75) is 25.8 Å². The average Bonchev–Trinajstić information content (AvgIpc) is 3.02. The minimum absolute atomic E-state index is 0.0699. The largest absolute Gasteiger partial charge is 0.493 e. The molecule has 0 saturated carbocycles. The number of anilines is 3. The van der Waals surface area contributed by atoms with Crippen molar-refractivity contribution in [1.82, 2.24) is 10.3 Å². The summed E-state index contributed by atoms with van der Waals surface area (Å²) in [6, 6.07) is 20.7. The van der Waals surface area contributed by atoms with Gasteiger partial charge in [-0.05, 0) is 66.6 Å². The van der Waals surface area contributed by atoms with Crippen molar-refractivity contribution in [3.05, 3.63) is 107 Å². The number of nitrogens with zero attached hydrogens (tertiary/aromatic N) is 1. The summed E-state index contributed by atoms with van der Waals surface area (Å²) in [6.07, 6.45) is 1.06. The number of ether oxygens (including phenoxy) is 2. The Morgan fingerprint density at radius 1 is 0.822 bits per heavy atom. The van der Waals surface area contributed by atoms with Gasteiger partial charge >= 0.3 is 12.0 Å². The Morgan fingerprint density at radius 3 is 2.18 bits per heavy atom. The van der Waals surface area contributed by atoms with Crippen molar-refractivity contribution < 1.29 is 33.8 Å². The number of benzene rings is 3. The molecule has 3 aromatic carbocycles. The van der Waals surface area contributed by atoms with Gasteiger partial charge in [0.05, 0.1) is 50.7 Å². The Hall–Kier alpha value is -5.91. The molecule has 0 aliphatic rings. The number of urea groups is 1. The van der Waals surface area contributed by atoms with Crippen molar-refractivity contribution in [3.8, 4) is 11.5 Å². The predicted molar refractivity (Wildman–Crippen MR) is 169 cm³/mol. The summed E-state index contributed by atoms with van der Waals surface area (Å²) >= 11 is 0. The lowest BCUT2D eigenvalue weighted by Crippen LogP contribution is -2.30. The molecule has 45 heavy (non-hydrogen) atoms. The molecule has 232 valence electrons. The van der Waals surface area contributed by atoms with Gasteiger partial charge in [-0.3, -0.25) is 19.4 Å². The van der Waals surface area contributed by atoms with E-state index in [9.17, 15) is 24.3 Å². The van der Waals surface area contributed by atoms with Gasteiger partial charge in [-0.25, -0.2) is 4.79 Å². The smallest absolute Gasteiger partial charge is 0.323 e. The van der Waals surface area contributed by atoms with Crippen LogP contribution in [-0.2, 0) is 16.0 Å². The first-order valence-corrected chi connectivity index (χ1v) is 13.9. The van der Waals surface area contributed by atoms with Gasteiger partial charge in [0.15, 0.2) is 11.5 Å². The number of hydrogen-bond acceptors (Lipinski definition) is 7. The van der Waals surface area contributed by atoms with E-state index in [4.69, 9.17) is 9.47 Å². The molecule has 5 N–H and O–H groups in total. The van der Waals surface area contributed by atoms with Gasteiger partial charge in [-0.15, -0.1) is 0 Å². The van der Waals surface area contributed by atoms with Gasteiger partial charge in [0.25, 0.3) is 5.91 Å². The van der Waals surface area contributed by atoms with Crippen LogP contribution in [0.3, 0.4) is 0 Å². The van der Waals surface area contributed by atoms with Gasteiger partial charge in [-0.2, -0.15) is 0 Å². The summed E-state index contributed by atoms with van der Waals surface area (Å²) in [5.41, 5.74) is 3.90. The first kappa shape index (κ1) is 32.0. The van der Waals surface area contributed by atoms with E-state index in [1.165, 1.54) is 32.5 Å². The molecule has 1 heterocycles. The molecular formula is C33H33N5O7. The lowest BCUT2D eigenvalue weighted by molar-refractivity contribution is -0.137. The summed E-state index contributed by atoms with van der Waals surface area (Å²) in [6.45, 7) is 1.90. The maximum absolute atomic E-state index is 12.9. The fourth-order valence-corrected chi connectivity index (χ4v) is 4.40. The Bertz CT molecular complexity index is 1670. The van der Waals surface area contributed by atoms with Crippen LogP contribution in [0.2, 0.25) is 0 Å². The van der Waals surface area contributed by atoms with Crippen LogP contribution in [0.1, 0.15) is 39.6 Å². The second kappa shape index (κ2) is 15.0. The maximum atomic E-state index is 12.9. The van der Waals surface area contributed by atoms with Crippen LogP contribution in [0.4, 0.5) is 21.9 Å². The number of aryl methyl sites for hydroxylation is 1. The monoisotopic (exact) mass is 611 g/mol. The summed E-state index contributed by atoms with van der Waals surface area (Å²) in [5, 5.41) is 20.4. The van der Waals surface area contributed by atoms with E-state index in [1.54, 1.807) is 42.5 Å². The third kappa shape index (κ3) is 9.04. The zero-order valence-corrected chi connectivity index (χ0v) is 24.9. The van der Waals surface area contributed by atoms with Crippen molar-refractivity contribution in [1.29, 1.82) is 0 Å². The van der Waals surface area contributed by atoms with Crippen molar-refractivity contribution >= 4 is 40.9 Å². The van der Waals surface area contributed by atoms with E-state index < -0.39 is 24.3 Å². The van der Waals surface area contributed by atoms with Crippen molar-refractivity contribution in [3.63, 3.8) is 0 Å². The minimum Gasteiger partial charge on any atom is -0.493 e. The molecule has 1 atom stereocenters. The van der Waals surface area contributed by atoms with Gasteiger partial charge in [-0.1, -0.05) is 30.3 Å². The second-order valence-electron chi connectivity index (χ2n) is 9.98. The normalized spacial score (nSPS) is 11.1. The quantitative estimate of drug-likeness (QED) is 0.146. The molecule has 0 aliphatic heterocycles. The third-order valence-electron chi connectivity index (χ3n) is 6.73. The number of aliphatic carboxylic acids is 1. The van der Waals surface area contributed by atoms with Gasteiger partial charge in [0.1, 0.15) is 0 Å². The fourth-order valence-electron chi connectivity index (χ4n) is 4.40. The van der Waals surface area contributed by atoms with Crippen LogP contribution < -0.4 is 30.7 Å². The number of rotatable bonds is 12. The van der Waals surface area contributed by atoms with E-state index in [0.717, 1.165) is 11.1 Å². The molecule has 0 fully saturated rings. The first-order chi connectivity index (χ1) is 21.6. The lowest BCUT2D eigenvalue weighted by atomic mass is 10.1. The van der Waals surface area contributed by atoms with Crippen LogP contribution in [0, 0.1) is 6.92 Å². The molecule has 1 aromatic heterocycles. The topological polar surface area (TPSA) is 168 Å².